The van der Waals surface area contributed by atoms with Crippen LogP contribution >= 0.6 is 31.9 Å². The molecule has 2 rings (SSSR count). The molecular weight excluding hydrogens is 398 g/mol. The van der Waals surface area contributed by atoms with Gasteiger partial charge in [-0.15, -0.1) is 0 Å². The van der Waals surface area contributed by atoms with E-state index >= 15 is 0 Å². The van der Waals surface area contributed by atoms with E-state index in [1.54, 1.807) is 18.2 Å². The second kappa shape index (κ2) is 5.48. The summed E-state index contributed by atoms with van der Waals surface area (Å²) in [6.45, 7) is 0. The van der Waals surface area contributed by atoms with E-state index in [-0.39, 0.29) is 10.6 Å². The van der Waals surface area contributed by atoms with Crippen LogP contribution in [0.2, 0.25) is 0 Å². The molecule has 0 saturated heterocycles. The van der Waals surface area contributed by atoms with Crippen molar-refractivity contribution < 1.29 is 8.42 Å². The van der Waals surface area contributed by atoms with E-state index in [1.165, 1.54) is 18.5 Å². The molecule has 1 heterocycles. The Balaban J connectivity index is 2.46. The third-order valence-corrected chi connectivity index (χ3v) is 5.02. The van der Waals surface area contributed by atoms with E-state index in [2.05, 4.69) is 41.6 Å². The fraction of sp³-hybridized carbons (Fsp3) is 0. The Hall–Kier alpha value is -1.12. The molecule has 5 nitrogen and oxygen atoms in total. The molecule has 0 radical (unpaired) electrons. The Morgan fingerprint density at radius 2 is 1.79 bits per heavy atom. The Morgan fingerprint density at radius 3 is 2.37 bits per heavy atom. The summed E-state index contributed by atoms with van der Waals surface area (Å²) in [5.74, 6) is 0. The van der Waals surface area contributed by atoms with Gasteiger partial charge in [0.15, 0.2) is 0 Å². The lowest BCUT2D eigenvalue weighted by molar-refractivity contribution is 0.601. The van der Waals surface area contributed by atoms with Crippen LogP contribution in [0.1, 0.15) is 0 Å². The highest BCUT2D eigenvalue weighted by Crippen LogP contribution is 2.32. The third kappa shape index (κ3) is 3.07. The molecule has 1 aromatic carbocycles. The first-order chi connectivity index (χ1) is 8.92. The Bertz CT molecular complexity index is 699. The van der Waals surface area contributed by atoms with Gasteiger partial charge in [-0.2, -0.15) is 0 Å². The maximum atomic E-state index is 12.3. The topological polar surface area (TPSA) is 85.1 Å². The molecule has 0 aliphatic heterocycles. The monoisotopic (exact) mass is 405 g/mol. The number of benzene rings is 1. The molecule has 8 heteroatoms. The minimum Gasteiger partial charge on any atom is -0.398 e. The minimum absolute atomic E-state index is 0.0577. The van der Waals surface area contributed by atoms with Crippen LogP contribution in [0, 0.1) is 0 Å². The molecule has 0 amide bonds. The van der Waals surface area contributed by atoms with Gasteiger partial charge >= 0.3 is 0 Å². The van der Waals surface area contributed by atoms with Crippen molar-refractivity contribution in [2.24, 2.45) is 0 Å². The zero-order valence-electron chi connectivity index (χ0n) is 9.47. The number of aromatic nitrogens is 1. The number of anilines is 2. The van der Waals surface area contributed by atoms with Gasteiger partial charge in [-0.3, -0.25) is 9.71 Å². The predicted octanol–water partition coefficient (Wildman–Crippen LogP) is 2.99. The van der Waals surface area contributed by atoms with Crippen molar-refractivity contribution in [2.75, 3.05) is 10.5 Å². The number of rotatable bonds is 3. The van der Waals surface area contributed by atoms with Crippen LogP contribution in [0.5, 0.6) is 0 Å². The first kappa shape index (κ1) is 14.3. The molecule has 100 valence electrons. The van der Waals surface area contributed by atoms with Crippen LogP contribution in [-0.2, 0) is 10.0 Å². The van der Waals surface area contributed by atoms with Gasteiger partial charge in [0, 0.05) is 21.3 Å². The fourth-order valence-electron chi connectivity index (χ4n) is 1.40. The predicted molar refractivity (Wildman–Crippen MR) is 81.3 cm³/mol. The van der Waals surface area contributed by atoms with Gasteiger partial charge in [0.2, 0.25) is 0 Å². The molecule has 0 bridgehead atoms. The van der Waals surface area contributed by atoms with Crippen molar-refractivity contribution in [3.8, 4) is 0 Å². The molecule has 3 N–H and O–H groups in total. The highest BCUT2D eigenvalue weighted by Gasteiger charge is 2.20. The van der Waals surface area contributed by atoms with Crippen molar-refractivity contribution in [3.63, 3.8) is 0 Å². The largest absolute Gasteiger partial charge is 0.398 e. The molecule has 0 aliphatic rings. The summed E-state index contributed by atoms with van der Waals surface area (Å²) in [5, 5.41) is 0. The van der Waals surface area contributed by atoms with Crippen LogP contribution in [0.4, 0.5) is 11.4 Å². The zero-order chi connectivity index (χ0) is 14.0. The molecule has 2 aromatic rings. The second-order valence-corrected chi connectivity index (χ2v) is 6.98. The second-order valence-electron chi connectivity index (χ2n) is 3.62. The summed E-state index contributed by atoms with van der Waals surface area (Å²) in [6, 6.07) is 6.68. The molecule has 0 aliphatic carbocycles. The zero-order valence-corrected chi connectivity index (χ0v) is 13.5. The van der Waals surface area contributed by atoms with E-state index in [1.807, 2.05) is 0 Å². The molecule has 1 aromatic heterocycles. The third-order valence-electron chi connectivity index (χ3n) is 2.31. The minimum atomic E-state index is -3.79. The highest BCUT2D eigenvalue weighted by molar-refractivity contribution is 9.11. The number of halogens is 2. The normalized spacial score (nSPS) is 11.3. The van der Waals surface area contributed by atoms with Gasteiger partial charge in [-0.05, 0) is 50.1 Å². The van der Waals surface area contributed by atoms with Crippen LogP contribution < -0.4 is 10.5 Å². The smallest absolute Gasteiger partial charge is 0.265 e. The molecule has 19 heavy (non-hydrogen) atoms. The number of nitrogens with two attached hydrogens (primary N) is 1. The average Bonchev–Trinajstić information content (AvgIpc) is 2.34. The summed E-state index contributed by atoms with van der Waals surface area (Å²) >= 11 is 6.57. The van der Waals surface area contributed by atoms with Gasteiger partial charge in [-0.1, -0.05) is 6.07 Å². The van der Waals surface area contributed by atoms with Crippen molar-refractivity contribution in [1.82, 2.24) is 4.98 Å². The van der Waals surface area contributed by atoms with Crippen LogP contribution in [0.3, 0.4) is 0 Å². The van der Waals surface area contributed by atoms with Crippen LogP contribution in [0.25, 0.3) is 0 Å². The molecule has 0 fully saturated rings. The molecule has 0 saturated carbocycles. The van der Waals surface area contributed by atoms with E-state index < -0.39 is 10.0 Å². The number of nitrogens with zero attached hydrogens (tertiary/aromatic N) is 1. The summed E-state index contributed by atoms with van der Waals surface area (Å²) in [4.78, 5) is 3.72. The molecule has 0 atom stereocenters. The van der Waals surface area contributed by atoms with Gasteiger partial charge in [0.1, 0.15) is 4.90 Å². The molecule has 0 unspecified atom stereocenters. The van der Waals surface area contributed by atoms with Gasteiger partial charge < -0.3 is 5.73 Å². The maximum absolute atomic E-state index is 12.3. The Labute approximate surface area is 127 Å². The quantitative estimate of drug-likeness (QED) is 0.820. The lowest BCUT2D eigenvalue weighted by Gasteiger charge is -2.12. The van der Waals surface area contributed by atoms with Crippen LogP contribution in [-0.4, -0.2) is 13.4 Å². The Morgan fingerprint density at radius 1 is 1.16 bits per heavy atom. The van der Waals surface area contributed by atoms with Gasteiger partial charge in [0.25, 0.3) is 10.0 Å². The summed E-state index contributed by atoms with van der Waals surface area (Å²) in [5.41, 5.74) is 6.21. The molecular formula is C11H9Br2N3O2S. The number of sulfonamides is 1. The number of hydrogen-bond donors (Lipinski definition) is 2. The standard InChI is InChI=1S/C11H9Br2N3O2S/c12-7-2-1-3-8(13)11(7)16-19(17,18)10-6-15-5-4-9(10)14/h1-6,16H,(H2,14,15). The van der Waals surface area contributed by atoms with E-state index in [0.29, 0.717) is 14.6 Å². The summed E-state index contributed by atoms with van der Waals surface area (Å²) in [7, 11) is -3.79. The fourth-order valence-corrected chi connectivity index (χ4v) is 4.04. The van der Waals surface area contributed by atoms with Gasteiger partial charge in [0.05, 0.1) is 11.4 Å². The van der Waals surface area contributed by atoms with Crippen molar-refractivity contribution in [2.45, 2.75) is 4.90 Å². The SMILES string of the molecule is Nc1ccncc1S(=O)(=O)Nc1c(Br)cccc1Br. The van der Waals surface area contributed by atoms with E-state index in [9.17, 15) is 8.42 Å². The van der Waals surface area contributed by atoms with Crippen molar-refractivity contribution in [3.05, 3.63) is 45.6 Å². The number of nitrogens with one attached hydrogen (secondary N) is 1. The van der Waals surface area contributed by atoms with E-state index in [4.69, 9.17) is 5.73 Å². The maximum Gasteiger partial charge on any atom is 0.265 e. The summed E-state index contributed by atoms with van der Waals surface area (Å²) in [6.07, 6.45) is 2.64. The lowest BCUT2D eigenvalue weighted by atomic mass is 10.3. The number of pyridine rings is 1. The number of para-hydroxylation sites is 1. The summed E-state index contributed by atoms with van der Waals surface area (Å²) < 4.78 is 28.2. The Kier molecular flexibility index (Phi) is 4.12. The van der Waals surface area contributed by atoms with Crippen molar-refractivity contribution in [1.29, 1.82) is 0 Å². The number of nitrogen functional groups attached to an aromatic ring is 1. The first-order valence-corrected chi connectivity index (χ1v) is 8.15. The van der Waals surface area contributed by atoms with Crippen LogP contribution in [0.15, 0.2) is 50.5 Å². The first-order valence-electron chi connectivity index (χ1n) is 5.08. The highest BCUT2D eigenvalue weighted by atomic mass is 79.9. The number of hydrogen-bond acceptors (Lipinski definition) is 4. The molecule has 0 spiro atoms. The lowest BCUT2D eigenvalue weighted by Crippen LogP contribution is -2.15. The van der Waals surface area contributed by atoms with Gasteiger partial charge in [-0.25, -0.2) is 8.42 Å². The van der Waals surface area contributed by atoms with Crippen molar-refractivity contribution >= 4 is 53.3 Å². The van der Waals surface area contributed by atoms with E-state index in [0.717, 1.165) is 0 Å². The average molecular weight is 407 g/mol.